The molecule has 110 valence electrons. The number of aryl methyl sites for hydroxylation is 1. The predicted octanol–water partition coefficient (Wildman–Crippen LogP) is 3.10. The van der Waals surface area contributed by atoms with E-state index in [1.807, 2.05) is 18.2 Å². The fourth-order valence-corrected chi connectivity index (χ4v) is 2.83. The summed E-state index contributed by atoms with van der Waals surface area (Å²) >= 11 is 0. The van der Waals surface area contributed by atoms with Crippen molar-refractivity contribution in [2.24, 2.45) is 0 Å². The van der Waals surface area contributed by atoms with Crippen molar-refractivity contribution < 1.29 is 4.74 Å². The van der Waals surface area contributed by atoms with Crippen LogP contribution in [-0.4, -0.2) is 24.6 Å². The third-order valence-electron chi connectivity index (χ3n) is 3.92. The fraction of sp³-hybridized carbons (Fsp3) is 0.333. The van der Waals surface area contributed by atoms with Crippen LogP contribution in [0.25, 0.3) is 0 Å². The van der Waals surface area contributed by atoms with Gasteiger partial charge in [0.1, 0.15) is 12.4 Å². The Labute approximate surface area is 126 Å². The molecule has 3 heteroatoms. The molecule has 0 saturated heterocycles. The molecule has 2 aromatic rings. The summed E-state index contributed by atoms with van der Waals surface area (Å²) in [7, 11) is 0. The first kappa shape index (κ1) is 14.0. The summed E-state index contributed by atoms with van der Waals surface area (Å²) in [5.74, 6) is 1.04. The number of ether oxygens (including phenoxy) is 1. The van der Waals surface area contributed by atoms with Crippen LogP contribution in [0.3, 0.4) is 0 Å². The second-order valence-electron chi connectivity index (χ2n) is 5.58. The Bertz CT molecular complexity index is 597. The number of fused-ring (bicyclic) bond motifs is 1. The van der Waals surface area contributed by atoms with Gasteiger partial charge in [-0.3, -0.25) is 4.90 Å². The molecule has 1 aliphatic heterocycles. The second-order valence-corrected chi connectivity index (χ2v) is 5.58. The van der Waals surface area contributed by atoms with Crippen LogP contribution in [0.15, 0.2) is 48.5 Å². The summed E-state index contributed by atoms with van der Waals surface area (Å²) in [6.45, 7) is 3.83. The number of hydrogen-bond acceptors (Lipinski definition) is 3. The van der Waals surface area contributed by atoms with Crippen molar-refractivity contribution in [3.05, 3.63) is 59.7 Å². The Morgan fingerprint density at radius 1 is 1.10 bits per heavy atom. The summed E-state index contributed by atoms with van der Waals surface area (Å²) in [5, 5.41) is 0. The van der Waals surface area contributed by atoms with Gasteiger partial charge in [-0.05, 0) is 43.1 Å². The fourth-order valence-electron chi connectivity index (χ4n) is 2.83. The van der Waals surface area contributed by atoms with Gasteiger partial charge in [0, 0.05) is 24.3 Å². The zero-order valence-electron chi connectivity index (χ0n) is 12.3. The normalized spacial score (nSPS) is 15.0. The van der Waals surface area contributed by atoms with E-state index in [2.05, 4.69) is 35.2 Å². The minimum absolute atomic E-state index is 0.773. The summed E-state index contributed by atoms with van der Waals surface area (Å²) in [5.41, 5.74) is 9.28. The van der Waals surface area contributed by atoms with E-state index in [1.54, 1.807) is 0 Å². The Hall–Kier alpha value is -2.00. The number of nitrogen functional groups attached to an aromatic ring is 1. The van der Waals surface area contributed by atoms with Gasteiger partial charge in [0.15, 0.2) is 0 Å². The molecule has 0 unspecified atom stereocenters. The minimum Gasteiger partial charge on any atom is -0.492 e. The molecule has 2 N–H and O–H groups in total. The smallest absolute Gasteiger partial charge is 0.123 e. The first-order valence-corrected chi connectivity index (χ1v) is 7.59. The molecule has 0 saturated carbocycles. The van der Waals surface area contributed by atoms with Crippen LogP contribution in [0.1, 0.15) is 17.5 Å². The molecule has 0 aromatic heterocycles. The van der Waals surface area contributed by atoms with E-state index >= 15 is 0 Å². The highest BCUT2D eigenvalue weighted by Crippen LogP contribution is 2.22. The molecule has 21 heavy (non-hydrogen) atoms. The molecule has 2 aromatic carbocycles. The third-order valence-corrected chi connectivity index (χ3v) is 3.92. The lowest BCUT2D eigenvalue weighted by Gasteiger charge is -2.19. The molecule has 0 fully saturated rings. The second kappa shape index (κ2) is 6.64. The van der Waals surface area contributed by atoms with E-state index in [0.29, 0.717) is 0 Å². The maximum Gasteiger partial charge on any atom is 0.123 e. The number of benzene rings is 2. The van der Waals surface area contributed by atoms with Crippen LogP contribution in [0.4, 0.5) is 5.69 Å². The van der Waals surface area contributed by atoms with Crippen molar-refractivity contribution in [1.82, 2.24) is 4.90 Å². The maximum absolute atomic E-state index is 5.82. The molecule has 0 bridgehead atoms. The molecule has 0 atom stereocenters. The number of rotatable bonds is 4. The molecule has 1 aliphatic rings. The van der Waals surface area contributed by atoms with Gasteiger partial charge in [0.2, 0.25) is 0 Å². The van der Waals surface area contributed by atoms with Gasteiger partial charge in [0.25, 0.3) is 0 Å². The Balaban J connectivity index is 1.54. The molecule has 3 rings (SSSR count). The highest BCUT2D eigenvalue weighted by Gasteiger charge is 2.14. The minimum atomic E-state index is 0.773. The van der Waals surface area contributed by atoms with Gasteiger partial charge in [-0.25, -0.2) is 0 Å². The molecule has 1 heterocycles. The topological polar surface area (TPSA) is 38.5 Å². The molecule has 0 aliphatic carbocycles. The number of nitrogens with zero attached hydrogens (tertiary/aromatic N) is 1. The van der Waals surface area contributed by atoms with E-state index in [-0.39, 0.29) is 0 Å². The Morgan fingerprint density at radius 2 is 2.00 bits per heavy atom. The van der Waals surface area contributed by atoms with Crippen molar-refractivity contribution in [2.45, 2.75) is 19.4 Å². The van der Waals surface area contributed by atoms with Gasteiger partial charge < -0.3 is 10.5 Å². The van der Waals surface area contributed by atoms with Crippen LogP contribution < -0.4 is 10.5 Å². The number of anilines is 1. The lowest BCUT2D eigenvalue weighted by Crippen LogP contribution is -2.27. The van der Waals surface area contributed by atoms with Crippen molar-refractivity contribution in [3.8, 4) is 5.75 Å². The summed E-state index contributed by atoms with van der Waals surface area (Å²) < 4.78 is 5.80. The van der Waals surface area contributed by atoms with E-state index < -0.39 is 0 Å². The van der Waals surface area contributed by atoms with E-state index in [4.69, 9.17) is 10.5 Å². The average Bonchev–Trinajstić information content (AvgIpc) is 2.69. The van der Waals surface area contributed by atoms with Gasteiger partial charge in [-0.2, -0.15) is 0 Å². The summed E-state index contributed by atoms with van der Waals surface area (Å²) in [6, 6.07) is 16.5. The molecule has 3 nitrogen and oxygen atoms in total. The predicted molar refractivity (Wildman–Crippen MR) is 86.4 cm³/mol. The van der Waals surface area contributed by atoms with Gasteiger partial charge >= 0.3 is 0 Å². The first-order chi connectivity index (χ1) is 10.3. The molecule has 0 radical (unpaired) electrons. The zero-order chi connectivity index (χ0) is 14.5. The number of nitrogens with two attached hydrogens (primary N) is 1. The molecule has 0 spiro atoms. The van der Waals surface area contributed by atoms with Gasteiger partial charge in [-0.15, -0.1) is 0 Å². The van der Waals surface area contributed by atoms with Crippen LogP contribution in [0.5, 0.6) is 5.75 Å². The highest BCUT2D eigenvalue weighted by atomic mass is 16.5. The highest BCUT2D eigenvalue weighted by molar-refractivity contribution is 5.40. The van der Waals surface area contributed by atoms with Gasteiger partial charge in [0.05, 0.1) is 0 Å². The Kier molecular flexibility index (Phi) is 4.41. The average molecular weight is 282 g/mol. The maximum atomic E-state index is 5.82. The summed E-state index contributed by atoms with van der Waals surface area (Å²) in [4.78, 5) is 2.47. The van der Waals surface area contributed by atoms with Crippen molar-refractivity contribution >= 4 is 5.69 Å². The van der Waals surface area contributed by atoms with E-state index in [1.165, 1.54) is 11.1 Å². The summed E-state index contributed by atoms with van der Waals surface area (Å²) in [6.07, 6.45) is 2.22. The van der Waals surface area contributed by atoms with Crippen LogP contribution in [-0.2, 0) is 13.0 Å². The number of para-hydroxylation sites is 1. The van der Waals surface area contributed by atoms with Crippen molar-refractivity contribution in [1.29, 1.82) is 0 Å². The molecular formula is C18H22N2O. The largest absolute Gasteiger partial charge is 0.492 e. The third kappa shape index (κ3) is 3.76. The van der Waals surface area contributed by atoms with Gasteiger partial charge in [-0.1, -0.05) is 30.3 Å². The van der Waals surface area contributed by atoms with E-state index in [0.717, 1.165) is 50.5 Å². The molecule has 0 amide bonds. The lowest BCUT2D eigenvalue weighted by molar-refractivity contribution is 0.224. The van der Waals surface area contributed by atoms with Crippen molar-refractivity contribution in [2.75, 3.05) is 25.4 Å². The standard InChI is InChI=1S/C18H22N2O/c19-17-8-3-5-15(13-17)6-4-10-20-11-12-21-18-9-2-1-7-16(18)14-20/h1-3,5,7-9,13H,4,6,10-12,14,19H2. The van der Waals surface area contributed by atoms with Crippen LogP contribution in [0.2, 0.25) is 0 Å². The zero-order valence-corrected chi connectivity index (χ0v) is 12.3. The lowest BCUT2D eigenvalue weighted by atomic mass is 10.1. The number of hydrogen-bond donors (Lipinski definition) is 1. The quantitative estimate of drug-likeness (QED) is 0.876. The van der Waals surface area contributed by atoms with Crippen molar-refractivity contribution in [3.63, 3.8) is 0 Å². The molecular weight excluding hydrogens is 260 g/mol. The Morgan fingerprint density at radius 3 is 2.90 bits per heavy atom. The van der Waals surface area contributed by atoms with Crippen LogP contribution in [0, 0.1) is 0 Å². The van der Waals surface area contributed by atoms with Crippen LogP contribution >= 0.6 is 0 Å². The SMILES string of the molecule is Nc1cccc(CCCN2CCOc3ccccc3C2)c1. The van der Waals surface area contributed by atoms with E-state index in [9.17, 15) is 0 Å². The monoisotopic (exact) mass is 282 g/mol. The first-order valence-electron chi connectivity index (χ1n) is 7.59.